The van der Waals surface area contributed by atoms with Crippen molar-refractivity contribution in [2.24, 2.45) is 0 Å². The van der Waals surface area contributed by atoms with Crippen molar-refractivity contribution in [3.8, 4) is 34.5 Å². The standard InChI is InChI=1S/C30H32ClNO7S/c1-35-21-10-7-19(8-11-21)18-32-24-15-20(31)9-12-23(24)27(33)29(30(32)34)40(5)14-6-13-39-22-16-25(36-2)28(38-4)26(17-22)37-3/h7-12,15-17H,6,13-14,18H2,1-5H3/p+1. The predicted octanol–water partition coefficient (Wildman–Crippen LogP) is 5.52. The van der Waals surface area contributed by atoms with E-state index in [1.165, 1.54) is 0 Å². The summed E-state index contributed by atoms with van der Waals surface area (Å²) in [6.45, 7) is 0.731. The second kappa shape index (κ2) is 13.1. The Bertz CT molecular complexity index is 1510. The molecule has 1 aromatic heterocycles. The van der Waals surface area contributed by atoms with Crippen molar-refractivity contribution in [1.29, 1.82) is 0 Å². The van der Waals surface area contributed by atoms with Crippen LogP contribution in [0.15, 0.2) is 64.3 Å². The average molecular weight is 587 g/mol. The third-order valence-electron chi connectivity index (χ3n) is 6.51. The quantitative estimate of drug-likeness (QED) is 0.173. The zero-order valence-corrected chi connectivity index (χ0v) is 24.7. The number of aromatic hydroxyl groups is 1. The number of hydrogen-bond donors (Lipinski definition) is 1. The van der Waals surface area contributed by atoms with Crippen molar-refractivity contribution in [2.75, 3.05) is 47.1 Å². The van der Waals surface area contributed by atoms with Gasteiger partial charge >= 0.3 is 5.56 Å². The second-order valence-electron chi connectivity index (χ2n) is 8.98. The Morgan fingerprint density at radius 2 is 1.55 bits per heavy atom. The number of benzene rings is 3. The zero-order valence-electron chi connectivity index (χ0n) is 23.2. The molecule has 1 N–H and O–H groups in total. The summed E-state index contributed by atoms with van der Waals surface area (Å²) < 4.78 is 29.0. The topological polar surface area (TPSA) is 88.4 Å². The summed E-state index contributed by atoms with van der Waals surface area (Å²) in [5.41, 5.74) is 1.27. The first-order valence-corrected chi connectivity index (χ1v) is 14.7. The number of rotatable bonds is 12. The van der Waals surface area contributed by atoms with Crippen molar-refractivity contribution in [3.05, 3.63) is 75.5 Å². The summed E-state index contributed by atoms with van der Waals surface area (Å²) in [5, 5.41) is 12.3. The molecule has 0 aliphatic rings. The lowest BCUT2D eigenvalue weighted by Crippen LogP contribution is -2.28. The lowest BCUT2D eigenvalue weighted by atomic mass is 10.1. The van der Waals surface area contributed by atoms with Crippen LogP contribution in [0.2, 0.25) is 5.02 Å². The van der Waals surface area contributed by atoms with Gasteiger partial charge in [-0.25, -0.2) is 0 Å². The third kappa shape index (κ3) is 6.21. The van der Waals surface area contributed by atoms with E-state index < -0.39 is 10.9 Å². The first-order chi connectivity index (χ1) is 19.3. The number of fused-ring (bicyclic) bond motifs is 1. The molecule has 212 valence electrons. The van der Waals surface area contributed by atoms with Gasteiger partial charge in [0.15, 0.2) is 17.2 Å². The van der Waals surface area contributed by atoms with Crippen molar-refractivity contribution < 1.29 is 28.8 Å². The van der Waals surface area contributed by atoms with E-state index in [1.54, 1.807) is 63.3 Å². The molecule has 1 unspecified atom stereocenters. The van der Waals surface area contributed by atoms with Gasteiger partial charge in [0.25, 0.3) is 4.90 Å². The first kappa shape index (κ1) is 29.3. The normalized spacial score (nSPS) is 11.8. The Balaban J connectivity index is 1.56. The minimum Gasteiger partial charge on any atom is -0.503 e. The SMILES string of the molecule is COc1ccc(Cn2c(=O)c([S+](C)CCCOc3cc(OC)c(OC)c(OC)c3)c(O)c3ccc(Cl)cc32)cc1. The Labute approximate surface area is 241 Å². The van der Waals surface area contributed by atoms with E-state index in [1.807, 2.05) is 30.5 Å². The van der Waals surface area contributed by atoms with Crippen LogP contribution >= 0.6 is 11.6 Å². The largest absolute Gasteiger partial charge is 0.503 e. The highest BCUT2D eigenvalue weighted by molar-refractivity contribution is 7.96. The minimum absolute atomic E-state index is 0.000901. The van der Waals surface area contributed by atoms with Crippen molar-refractivity contribution in [1.82, 2.24) is 4.57 Å². The molecule has 8 nitrogen and oxygen atoms in total. The number of nitrogens with zero attached hydrogens (tertiary/aromatic N) is 1. The average Bonchev–Trinajstić information content (AvgIpc) is 2.97. The number of methoxy groups -OCH3 is 4. The molecule has 40 heavy (non-hydrogen) atoms. The van der Waals surface area contributed by atoms with Gasteiger partial charge < -0.3 is 28.8 Å². The van der Waals surface area contributed by atoms with E-state index in [0.717, 1.165) is 11.3 Å². The van der Waals surface area contributed by atoms with Gasteiger partial charge in [0.2, 0.25) is 5.75 Å². The zero-order chi connectivity index (χ0) is 28.8. The highest BCUT2D eigenvalue weighted by atomic mass is 35.5. The van der Waals surface area contributed by atoms with E-state index in [0.29, 0.717) is 69.1 Å². The maximum absolute atomic E-state index is 13.8. The van der Waals surface area contributed by atoms with E-state index in [-0.39, 0.29) is 11.3 Å². The molecule has 0 fully saturated rings. The number of hydrogen-bond acceptors (Lipinski definition) is 7. The molecule has 0 amide bonds. The summed E-state index contributed by atoms with van der Waals surface area (Å²) >= 11 is 6.28. The molecule has 0 radical (unpaired) electrons. The molecule has 3 aromatic carbocycles. The minimum atomic E-state index is -0.552. The molecule has 1 heterocycles. The monoisotopic (exact) mass is 586 g/mol. The molecule has 0 spiro atoms. The van der Waals surface area contributed by atoms with Crippen LogP contribution in [0.4, 0.5) is 0 Å². The van der Waals surface area contributed by atoms with Crippen molar-refractivity contribution in [3.63, 3.8) is 0 Å². The molecule has 0 bridgehead atoms. The van der Waals surface area contributed by atoms with Gasteiger partial charge in [-0.2, -0.15) is 0 Å². The Kier molecular flexibility index (Phi) is 9.60. The Morgan fingerprint density at radius 3 is 2.15 bits per heavy atom. The fourth-order valence-electron chi connectivity index (χ4n) is 4.48. The smallest absolute Gasteiger partial charge is 0.310 e. The lowest BCUT2D eigenvalue weighted by molar-refractivity contribution is 0.299. The number of ether oxygens (including phenoxy) is 5. The van der Waals surface area contributed by atoms with Gasteiger partial charge in [0.05, 0.1) is 47.1 Å². The molecule has 0 aliphatic carbocycles. The molecule has 0 aliphatic heterocycles. The van der Waals surface area contributed by atoms with Gasteiger partial charge in [0.1, 0.15) is 23.5 Å². The predicted molar refractivity (Wildman–Crippen MR) is 160 cm³/mol. The van der Waals surface area contributed by atoms with Gasteiger partial charge in [0, 0.05) is 39.9 Å². The molecule has 4 aromatic rings. The maximum atomic E-state index is 13.8. The lowest BCUT2D eigenvalue weighted by Gasteiger charge is -2.16. The number of aromatic nitrogens is 1. The highest BCUT2D eigenvalue weighted by Gasteiger charge is 2.29. The van der Waals surface area contributed by atoms with E-state index >= 15 is 0 Å². The molecule has 10 heteroatoms. The van der Waals surface area contributed by atoms with E-state index in [9.17, 15) is 9.90 Å². The van der Waals surface area contributed by atoms with E-state index in [2.05, 4.69) is 0 Å². The fourth-order valence-corrected chi connectivity index (χ4v) is 6.25. The summed E-state index contributed by atoms with van der Waals surface area (Å²) in [6.07, 6.45) is 2.63. The molecule has 4 rings (SSSR count). The summed E-state index contributed by atoms with van der Waals surface area (Å²) in [4.78, 5) is 14.2. The summed E-state index contributed by atoms with van der Waals surface area (Å²) in [6, 6.07) is 16.2. The van der Waals surface area contributed by atoms with Crippen LogP contribution in [-0.2, 0) is 17.4 Å². The Morgan fingerprint density at radius 1 is 0.875 bits per heavy atom. The van der Waals surface area contributed by atoms with E-state index in [4.69, 9.17) is 35.3 Å². The third-order valence-corrected chi connectivity index (χ3v) is 8.71. The van der Waals surface area contributed by atoms with Crippen LogP contribution in [0.1, 0.15) is 12.0 Å². The van der Waals surface area contributed by atoms with Gasteiger partial charge in [-0.3, -0.25) is 9.36 Å². The first-order valence-electron chi connectivity index (χ1n) is 12.5. The molecule has 0 saturated heterocycles. The maximum Gasteiger partial charge on any atom is 0.310 e. The van der Waals surface area contributed by atoms with Crippen LogP contribution < -0.4 is 29.2 Å². The van der Waals surface area contributed by atoms with Crippen LogP contribution in [0, 0.1) is 0 Å². The summed E-state index contributed by atoms with van der Waals surface area (Å²) in [5.74, 6) is 3.47. The number of pyridine rings is 1. The van der Waals surface area contributed by atoms with Gasteiger partial charge in [-0.1, -0.05) is 23.7 Å². The second-order valence-corrected chi connectivity index (χ2v) is 11.5. The van der Waals surface area contributed by atoms with Crippen molar-refractivity contribution in [2.45, 2.75) is 17.9 Å². The number of halogens is 1. The fraction of sp³-hybridized carbons (Fsp3) is 0.300. The van der Waals surface area contributed by atoms with Crippen LogP contribution in [0.3, 0.4) is 0 Å². The molecule has 0 saturated carbocycles. The molecular formula is C30H33ClNO7S+. The highest BCUT2D eigenvalue weighted by Crippen LogP contribution is 2.41. The summed E-state index contributed by atoms with van der Waals surface area (Å²) in [7, 11) is 5.71. The van der Waals surface area contributed by atoms with Crippen LogP contribution in [0.25, 0.3) is 10.9 Å². The van der Waals surface area contributed by atoms with Crippen molar-refractivity contribution >= 4 is 33.4 Å². The van der Waals surface area contributed by atoms with Crippen LogP contribution in [-0.4, -0.2) is 56.7 Å². The molecular weight excluding hydrogens is 554 g/mol. The van der Waals surface area contributed by atoms with Gasteiger partial charge in [-0.05, 0) is 35.9 Å². The van der Waals surface area contributed by atoms with Crippen LogP contribution in [0.5, 0.6) is 34.5 Å². The Hall–Kier alpha value is -3.69. The molecule has 1 atom stereocenters. The van der Waals surface area contributed by atoms with Gasteiger partial charge in [-0.15, -0.1) is 0 Å².